The van der Waals surface area contributed by atoms with Crippen molar-refractivity contribution in [2.75, 3.05) is 0 Å². The van der Waals surface area contributed by atoms with Crippen molar-refractivity contribution in [2.45, 2.75) is 0 Å². The van der Waals surface area contributed by atoms with E-state index in [-0.39, 0.29) is 5.56 Å². The van der Waals surface area contributed by atoms with Crippen molar-refractivity contribution in [3.63, 3.8) is 0 Å². The van der Waals surface area contributed by atoms with Crippen molar-refractivity contribution in [3.05, 3.63) is 29.6 Å². The summed E-state index contributed by atoms with van der Waals surface area (Å²) in [5.74, 6) is -2.63. The Hall–Kier alpha value is -2.64. The number of aromatic nitrogens is 1. The van der Waals surface area contributed by atoms with E-state index in [2.05, 4.69) is 16.5 Å². The molecule has 0 fully saturated rings. The number of pyridine rings is 1. The zero-order chi connectivity index (χ0) is 12.7. The van der Waals surface area contributed by atoms with Gasteiger partial charge in [0.05, 0.1) is 5.56 Å². The molecular weight excluding hydrogens is 218 g/mol. The number of primary amides is 2. The van der Waals surface area contributed by atoms with Crippen LogP contribution in [0.25, 0.3) is 0 Å². The first kappa shape index (κ1) is 13.4. The Kier molecular flexibility index (Phi) is 4.98. The van der Waals surface area contributed by atoms with Gasteiger partial charge in [0.15, 0.2) is 5.69 Å². The Bertz CT molecular complexity index is 381. The lowest BCUT2D eigenvalue weighted by Crippen LogP contribution is -2.18. The number of carbonyl (C=O) groups is 3. The van der Waals surface area contributed by atoms with Crippen LogP contribution < -0.4 is 11.5 Å². The van der Waals surface area contributed by atoms with E-state index in [0.29, 0.717) is 0 Å². The lowest BCUT2D eigenvalue weighted by Gasteiger charge is -1.97. The van der Waals surface area contributed by atoms with Crippen LogP contribution in [0.15, 0.2) is 18.3 Å². The van der Waals surface area contributed by atoms with E-state index in [4.69, 9.17) is 15.0 Å². The SMILES string of the molecule is NC(N)=O.O=C(O)c1cccnc1C(=O)O. The van der Waals surface area contributed by atoms with E-state index < -0.39 is 23.7 Å². The molecule has 0 aliphatic rings. The summed E-state index contributed by atoms with van der Waals surface area (Å²) in [6.45, 7) is 0. The number of hydrogen-bond acceptors (Lipinski definition) is 4. The Balaban J connectivity index is 0.000000487. The second-order valence-corrected chi connectivity index (χ2v) is 2.41. The van der Waals surface area contributed by atoms with Gasteiger partial charge < -0.3 is 21.7 Å². The molecule has 0 unspecified atom stereocenters. The third-order valence-corrected chi connectivity index (χ3v) is 1.24. The number of aromatic carboxylic acids is 2. The van der Waals surface area contributed by atoms with Gasteiger partial charge in [-0.3, -0.25) is 0 Å². The van der Waals surface area contributed by atoms with Gasteiger partial charge in [-0.2, -0.15) is 0 Å². The predicted octanol–water partition coefficient (Wildman–Crippen LogP) is -0.498. The molecule has 0 atom stereocenters. The quantitative estimate of drug-likeness (QED) is 0.533. The van der Waals surface area contributed by atoms with Crippen LogP contribution in [0.2, 0.25) is 0 Å². The Morgan fingerprint density at radius 3 is 1.94 bits per heavy atom. The lowest BCUT2D eigenvalue weighted by molar-refractivity contribution is 0.0646. The van der Waals surface area contributed by atoms with Crippen molar-refractivity contribution in [1.29, 1.82) is 0 Å². The highest BCUT2D eigenvalue weighted by molar-refractivity contribution is 5.99. The normalized spacial score (nSPS) is 8.50. The monoisotopic (exact) mass is 227 g/mol. The molecule has 1 aromatic heterocycles. The van der Waals surface area contributed by atoms with E-state index >= 15 is 0 Å². The molecule has 8 nitrogen and oxygen atoms in total. The van der Waals surface area contributed by atoms with Gasteiger partial charge in [-0.05, 0) is 12.1 Å². The molecule has 1 heterocycles. The minimum absolute atomic E-state index is 0.301. The topological polar surface area (TPSA) is 157 Å². The summed E-state index contributed by atoms with van der Waals surface area (Å²) < 4.78 is 0. The van der Waals surface area contributed by atoms with Crippen LogP contribution in [0.4, 0.5) is 4.79 Å². The van der Waals surface area contributed by atoms with E-state index in [1.165, 1.54) is 18.3 Å². The van der Waals surface area contributed by atoms with Crippen molar-refractivity contribution in [2.24, 2.45) is 11.5 Å². The fraction of sp³-hybridized carbons (Fsp3) is 0. The highest BCUT2D eigenvalue weighted by atomic mass is 16.4. The van der Waals surface area contributed by atoms with E-state index in [0.717, 1.165) is 0 Å². The number of carbonyl (C=O) groups excluding carboxylic acids is 1. The first-order valence-corrected chi connectivity index (χ1v) is 3.82. The van der Waals surface area contributed by atoms with E-state index in [1.54, 1.807) is 0 Å². The summed E-state index contributed by atoms with van der Waals surface area (Å²) in [6.07, 6.45) is 1.23. The second kappa shape index (κ2) is 5.96. The van der Waals surface area contributed by atoms with Crippen molar-refractivity contribution in [3.8, 4) is 0 Å². The van der Waals surface area contributed by atoms with Gasteiger partial charge in [-0.25, -0.2) is 19.4 Å². The number of carboxylic acids is 2. The molecular formula is C8H9N3O5. The zero-order valence-corrected chi connectivity index (χ0v) is 7.95. The molecule has 2 amide bonds. The molecule has 0 spiro atoms. The third kappa shape index (κ3) is 4.56. The summed E-state index contributed by atoms with van der Waals surface area (Å²) in [7, 11) is 0. The van der Waals surface area contributed by atoms with Gasteiger partial charge in [0.2, 0.25) is 0 Å². The molecule has 16 heavy (non-hydrogen) atoms. The van der Waals surface area contributed by atoms with Crippen LogP contribution in [0.1, 0.15) is 20.8 Å². The maximum atomic E-state index is 10.4. The van der Waals surface area contributed by atoms with Crippen LogP contribution in [-0.2, 0) is 0 Å². The molecule has 0 saturated carbocycles. The minimum atomic E-state index is -1.34. The molecule has 0 aliphatic heterocycles. The summed E-state index contributed by atoms with van der Waals surface area (Å²) in [5.41, 5.74) is 7.76. The maximum Gasteiger partial charge on any atom is 0.355 e. The number of hydrogen-bond donors (Lipinski definition) is 4. The number of nitrogens with zero attached hydrogens (tertiary/aromatic N) is 1. The molecule has 0 aliphatic carbocycles. The maximum absolute atomic E-state index is 10.4. The van der Waals surface area contributed by atoms with Crippen molar-refractivity contribution in [1.82, 2.24) is 4.98 Å². The zero-order valence-electron chi connectivity index (χ0n) is 7.95. The molecule has 1 aromatic rings. The third-order valence-electron chi connectivity index (χ3n) is 1.24. The van der Waals surface area contributed by atoms with E-state index in [1.807, 2.05) is 0 Å². The summed E-state index contributed by atoms with van der Waals surface area (Å²) in [6, 6.07) is 1.73. The molecule has 1 rings (SSSR count). The standard InChI is InChI=1S/C7H5NO4.CH4N2O/c9-6(10)4-2-1-3-8-5(4)7(11)12;2-1(3)4/h1-3H,(H,9,10)(H,11,12);(H4,2,3,4). The van der Waals surface area contributed by atoms with E-state index in [9.17, 15) is 9.59 Å². The molecule has 6 N–H and O–H groups in total. The number of carboxylic acid groups (broad SMARTS) is 2. The summed E-state index contributed by atoms with van der Waals surface area (Å²) in [5, 5.41) is 17.0. The summed E-state index contributed by atoms with van der Waals surface area (Å²) in [4.78, 5) is 33.2. The van der Waals surface area contributed by atoms with Crippen LogP contribution in [-0.4, -0.2) is 33.2 Å². The van der Waals surface area contributed by atoms with Gasteiger partial charge in [0.25, 0.3) is 0 Å². The van der Waals surface area contributed by atoms with Crippen LogP contribution in [0.3, 0.4) is 0 Å². The average molecular weight is 227 g/mol. The highest BCUT2D eigenvalue weighted by Gasteiger charge is 2.15. The van der Waals surface area contributed by atoms with Crippen LogP contribution in [0, 0.1) is 0 Å². The number of nitrogens with two attached hydrogens (primary N) is 2. The first-order valence-electron chi connectivity index (χ1n) is 3.82. The number of urea groups is 1. The highest BCUT2D eigenvalue weighted by Crippen LogP contribution is 2.04. The Morgan fingerprint density at radius 1 is 1.12 bits per heavy atom. The molecule has 8 heteroatoms. The number of rotatable bonds is 2. The average Bonchev–Trinajstić information content (AvgIpc) is 2.16. The molecule has 0 aromatic carbocycles. The fourth-order valence-electron chi connectivity index (χ4n) is 0.748. The second-order valence-electron chi connectivity index (χ2n) is 2.41. The smallest absolute Gasteiger partial charge is 0.355 e. The molecule has 0 saturated heterocycles. The lowest BCUT2D eigenvalue weighted by atomic mass is 10.2. The van der Waals surface area contributed by atoms with Crippen molar-refractivity contribution >= 4 is 18.0 Å². The predicted molar refractivity (Wildman–Crippen MR) is 51.9 cm³/mol. The summed E-state index contributed by atoms with van der Waals surface area (Å²) >= 11 is 0. The van der Waals surface area contributed by atoms with Gasteiger partial charge in [0.1, 0.15) is 0 Å². The van der Waals surface area contributed by atoms with Gasteiger partial charge in [0, 0.05) is 6.20 Å². The first-order chi connectivity index (χ1) is 7.36. The van der Waals surface area contributed by atoms with Crippen molar-refractivity contribution < 1.29 is 24.6 Å². The minimum Gasteiger partial charge on any atom is -0.478 e. The van der Waals surface area contributed by atoms with Crippen LogP contribution >= 0.6 is 0 Å². The molecule has 86 valence electrons. The Morgan fingerprint density at radius 2 is 1.62 bits per heavy atom. The van der Waals surface area contributed by atoms with Gasteiger partial charge in [-0.1, -0.05) is 0 Å². The largest absolute Gasteiger partial charge is 0.478 e. The van der Waals surface area contributed by atoms with Gasteiger partial charge in [-0.15, -0.1) is 0 Å². The molecule has 0 radical (unpaired) electrons. The van der Waals surface area contributed by atoms with Crippen LogP contribution in [0.5, 0.6) is 0 Å². The number of amides is 2. The molecule has 0 bridgehead atoms. The Labute approximate surface area is 89.5 Å². The fourth-order valence-corrected chi connectivity index (χ4v) is 0.748. The van der Waals surface area contributed by atoms with Gasteiger partial charge >= 0.3 is 18.0 Å².